The number of hydrogen-bond acceptors (Lipinski definition) is 5. The summed E-state index contributed by atoms with van der Waals surface area (Å²) in [5.41, 5.74) is 4.38. The van der Waals surface area contributed by atoms with Crippen LogP contribution in [0.3, 0.4) is 0 Å². The number of H-pyrrole nitrogens is 1. The van der Waals surface area contributed by atoms with Crippen LogP contribution in [-0.2, 0) is 27.3 Å². The number of nitrogens with one attached hydrogen (secondary N) is 3. The molecule has 5 amide bonds. The van der Waals surface area contributed by atoms with E-state index >= 15 is 0 Å². The molecule has 9 heteroatoms. The molecule has 0 saturated carbocycles. The van der Waals surface area contributed by atoms with E-state index < -0.39 is 29.7 Å². The lowest BCUT2D eigenvalue weighted by atomic mass is 10.0. The highest BCUT2D eigenvalue weighted by Gasteiger charge is 2.44. The number of aromatic amines is 1. The number of carbonyl (C=O) groups is 5. The molecule has 1 saturated heterocycles. The van der Waals surface area contributed by atoms with E-state index in [4.69, 9.17) is 0 Å². The molecule has 2 aliphatic rings. The third-order valence-corrected chi connectivity index (χ3v) is 6.62. The minimum absolute atomic E-state index is 0.0687. The molecule has 0 bridgehead atoms. The van der Waals surface area contributed by atoms with Crippen molar-refractivity contribution in [1.82, 2.24) is 20.5 Å². The van der Waals surface area contributed by atoms with Crippen molar-refractivity contribution in [3.05, 3.63) is 70.4 Å². The Balaban J connectivity index is 1.22. The maximum Gasteiger partial charge on any atom is 0.262 e. The first-order valence-corrected chi connectivity index (χ1v) is 11.5. The minimum atomic E-state index is -1.00. The van der Waals surface area contributed by atoms with E-state index in [0.29, 0.717) is 18.4 Å². The number of amides is 5. The molecule has 3 heterocycles. The molecule has 1 aromatic heterocycles. The van der Waals surface area contributed by atoms with Gasteiger partial charge in [0.1, 0.15) is 6.04 Å². The minimum Gasteiger partial charge on any atom is -0.361 e. The van der Waals surface area contributed by atoms with Crippen LogP contribution in [0.1, 0.15) is 56.7 Å². The normalized spacial score (nSPS) is 17.6. The van der Waals surface area contributed by atoms with Gasteiger partial charge in [0.25, 0.3) is 11.8 Å². The van der Waals surface area contributed by atoms with Crippen LogP contribution in [0.15, 0.2) is 42.6 Å². The molecule has 3 aromatic rings. The summed E-state index contributed by atoms with van der Waals surface area (Å²) in [5.74, 6) is -2.30. The molecule has 3 N–H and O–H groups in total. The molecule has 35 heavy (non-hydrogen) atoms. The second kappa shape index (κ2) is 8.83. The Labute approximate surface area is 200 Å². The summed E-state index contributed by atoms with van der Waals surface area (Å²) in [6, 6.07) is 9.86. The number of aryl methyl sites for hydroxylation is 2. The first-order valence-electron chi connectivity index (χ1n) is 11.5. The van der Waals surface area contributed by atoms with Crippen molar-refractivity contribution >= 4 is 40.4 Å². The lowest BCUT2D eigenvalue weighted by Crippen LogP contribution is -2.54. The van der Waals surface area contributed by atoms with Crippen molar-refractivity contribution < 1.29 is 24.0 Å². The number of benzene rings is 2. The van der Waals surface area contributed by atoms with Crippen molar-refractivity contribution in [3.63, 3.8) is 0 Å². The molecule has 178 valence electrons. The Morgan fingerprint density at radius 2 is 1.89 bits per heavy atom. The SMILES string of the molecule is Cc1cccc2c(CCC(=O)NCc3ccc4c(c3)C(=O)N(C3CCC(=O)NC3=O)C4=O)c[nH]c12. The average molecular weight is 473 g/mol. The van der Waals surface area contributed by atoms with Gasteiger partial charge in [-0.25, -0.2) is 0 Å². The largest absolute Gasteiger partial charge is 0.361 e. The number of imide groups is 2. The van der Waals surface area contributed by atoms with E-state index in [2.05, 4.69) is 15.6 Å². The van der Waals surface area contributed by atoms with E-state index in [1.807, 2.05) is 31.3 Å². The molecule has 0 radical (unpaired) electrons. The van der Waals surface area contributed by atoms with Crippen molar-refractivity contribution in [3.8, 4) is 0 Å². The van der Waals surface area contributed by atoms with Crippen molar-refractivity contribution in [2.45, 2.75) is 45.2 Å². The van der Waals surface area contributed by atoms with Crippen LogP contribution in [-0.4, -0.2) is 45.5 Å². The maximum atomic E-state index is 12.9. The van der Waals surface area contributed by atoms with Crippen LogP contribution in [0.4, 0.5) is 0 Å². The van der Waals surface area contributed by atoms with E-state index in [0.717, 1.165) is 26.9 Å². The number of piperidine rings is 1. The van der Waals surface area contributed by atoms with Crippen LogP contribution in [0, 0.1) is 6.92 Å². The first-order chi connectivity index (χ1) is 16.8. The molecule has 2 aromatic carbocycles. The Bertz CT molecular complexity index is 1410. The Morgan fingerprint density at radius 3 is 2.69 bits per heavy atom. The van der Waals surface area contributed by atoms with Crippen molar-refractivity contribution in [2.75, 3.05) is 0 Å². The van der Waals surface area contributed by atoms with Gasteiger partial charge in [-0.15, -0.1) is 0 Å². The van der Waals surface area contributed by atoms with E-state index in [1.54, 1.807) is 12.1 Å². The van der Waals surface area contributed by atoms with E-state index in [1.165, 1.54) is 6.07 Å². The Hall–Kier alpha value is -4.27. The van der Waals surface area contributed by atoms with E-state index in [-0.39, 0.29) is 36.4 Å². The predicted molar refractivity (Wildman–Crippen MR) is 126 cm³/mol. The van der Waals surface area contributed by atoms with Crippen LogP contribution in [0.5, 0.6) is 0 Å². The van der Waals surface area contributed by atoms with Crippen LogP contribution < -0.4 is 10.6 Å². The zero-order valence-electron chi connectivity index (χ0n) is 19.1. The molecule has 0 aliphatic carbocycles. The van der Waals surface area contributed by atoms with E-state index in [9.17, 15) is 24.0 Å². The number of hydrogen-bond donors (Lipinski definition) is 3. The van der Waals surface area contributed by atoms with Crippen molar-refractivity contribution in [2.24, 2.45) is 0 Å². The fourth-order valence-corrected chi connectivity index (χ4v) is 4.74. The summed E-state index contributed by atoms with van der Waals surface area (Å²) in [7, 11) is 0. The highest BCUT2D eigenvalue weighted by Crippen LogP contribution is 2.28. The third kappa shape index (κ3) is 4.09. The van der Waals surface area contributed by atoms with Gasteiger partial charge in [0.05, 0.1) is 11.1 Å². The molecule has 5 rings (SSSR count). The number of para-hydroxylation sites is 1. The standard InChI is InChI=1S/C26H24N4O5/c1-14-3-2-4-17-16(13-28-23(14)17)6-9-21(31)27-12-15-5-7-18-19(11-15)26(35)30(25(18)34)20-8-10-22(32)29-24(20)33/h2-5,7,11,13,20,28H,6,8-10,12H2,1H3,(H,27,31)(H,29,32,33). The Kier molecular flexibility index (Phi) is 5.68. The number of fused-ring (bicyclic) bond motifs is 2. The summed E-state index contributed by atoms with van der Waals surface area (Å²) in [6.45, 7) is 2.24. The summed E-state index contributed by atoms with van der Waals surface area (Å²) in [4.78, 5) is 66.0. The zero-order valence-corrected chi connectivity index (χ0v) is 19.1. The predicted octanol–water partition coefficient (Wildman–Crippen LogP) is 2.13. The fraction of sp³-hybridized carbons (Fsp3) is 0.269. The fourth-order valence-electron chi connectivity index (χ4n) is 4.74. The number of aromatic nitrogens is 1. The van der Waals surface area contributed by atoms with Gasteiger partial charge >= 0.3 is 0 Å². The van der Waals surface area contributed by atoms with Gasteiger partial charge in [-0.2, -0.15) is 0 Å². The smallest absolute Gasteiger partial charge is 0.262 e. The molecule has 1 atom stereocenters. The first kappa shape index (κ1) is 22.5. The highest BCUT2D eigenvalue weighted by atomic mass is 16.2. The number of carbonyl (C=O) groups excluding carboxylic acids is 5. The van der Waals surface area contributed by atoms with Crippen molar-refractivity contribution in [1.29, 1.82) is 0 Å². The summed E-state index contributed by atoms with van der Waals surface area (Å²) >= 11 is 0. The molecule has 2 aliphatic heterocycles. The van der Waals surface area contributed by atoms with Crippen LogP contribution in [0.2, 0.25) is 0 Å². The quantitative estimate of drug-likeness (QED) is 0.474. The molecule has 9 nitrogen and oxygen atoms in total. The molecular weight excluding hydrogens is 448 g/mol. The number of rotatable bonds is 6. The van der Waals surface area contributed by atoms with Gasteiger partial charge in [0, 0.05) is 36.5 Å². The summed E-state index contributed by atoms with van der Waals surface area (Å²) in [5, 5.41) is 6.15. The lowest BCUT2D eigenvalue weighted by Gasteiger charge is -2.27. The Morgan fingerprint density at radius 1 is 1.09 bits per heavy atom. The monoisotopic (exact) mass is 472 g/mol. The van der Waals surface area contributed by atoms with Crippen LogP contribution in [0.25, 0.3) is 10.9 Å². The van der Waals surface area contributed by atoms with Gasteiger partial charge in [0.2, 0.25) is 17.7 Å². The lowest BCUT2D eigenvalue weighted by molar-refractivity contribution is -0.136. The maximum absolute atomic E-state index is 12.9. The van der Waals surface area contributed by atoms with Gasteiger partial charge in [-0.05, 0) is 48.6 Å². The molecule has 1 unspecified atom stereocenters. The van der Waals surface area contributed by atoms with Gasteiger partial charge in [-0.1, -0.05) is 24.3 Å². The second-order valence-electron chi connectivity index (χ2n) is 8.92. The topological polar surface area (TPSA) is 128 Å². The summed E-state index contributed by atoms with van der Waals surface area (Å²) in [6.07, 6.45) is 3.01. The molecular formula is C26H24N4O5. The highest BCUT2D eigenvalue weighted by molar-refractivity contribution is 6.23. The van der Waals surface area contributed by atoms with Gasteiger partial charge in [0.15, 0.2) is 0 Å². The summed E-state index contributed by atoms with van der Waals surface area (Å²) < 4.78 is 0. The third-order valence-electron chi connectivity index (χ3n) is 6.62. The molecule has 1 fully saturated rings. The average Bonchev–Trinajstić information content (AvgIpc) is 3.36. The van der Waals surface area contributed by atoms with Crippen LogP contribution >= 0.6 is 0 Å². The zero-order chi connectivity index (χ0) is 24.7. The molecule has 0 spiro atoms. The van der Waals surface area contributed by atoms with Gasteiger partial charge < -0.3 is 10.3 Å². The number of nitrogens with zero attached hydrogens (tertiary/aromatic N) is 1. The second-order valence-corrected chi connectivity index (χ2v) is 8.92. The van der Waals surface area contributed by atoms with Gasteiger partial charge in [-0.3, -0.25) is 34.2 Å².